The van der Waals surface area contributed by atoms with E-state index >= 15 is 0 Å². The number of esters is 1. The van der Waals surface area contributed by atoms with Gasteiger partial charge in [-0.2, -0.15) is 0 Å². The van der Waals surface area contributed by atoms with E-state index < -0.39 is 24.5 Å². The third-order valence-electron chi connectivity index (χ3n) is 5.20. The van der Waals surface area contributed by atoms with Crippen LogP contribution in [0.4, 0.5) is 5.69 Å². The van der Waals surface area contributed by atoms with Gasteiger partial charge in [-0.1, -0.05) is 32.9 Å². The third-order valence-corrected chi connectivity index (χ3v) is 6.06. The minimum Gasteiger partial charge on any atom is -0.495 e. The van der Waals surface area contributed by atoms with E-state index in [-0.39, 0.29) is 11.3 Å². The van der Waals surface area contributed by atoms with Crippen LogP contribution in [0.1, 0.15) is 48.8 Å². The van der Waals surface area contributed by atoms with Crippen LogP contribution in [-0.4, -0.2) is 49.0 Å². The monoisotopic (exact) mass is 444 g/mol. The average Bonchev–Trinajstić information content (AvgIpc) is 3.43. The molecule has 1 fully saturated rings. The van der Waals surface area contributed by atoms with Crippen molar-refractivity contribution in [1.82, 2.24) is 4.90 Å². The Kier molecular flexibility index (Phi) is 7.00. The van der Waals surface area contributed by atoms with Crippen LogP contribution in [0.25, 0.3) is 0 Å². The highest BCUT2D eigenvalue weighted by molar-refractivity contribution is 7.12. The van der Waals surface area contributed by atoms with Crippen LogP contribution in [0, 0.1) is 0 Å². The Bertz CT molecular complexity index is 949. The van der Waals surface area contributed by atoms with Crippen molar-refractivity contribution in [3.63, 3.8) is 0 Å². The van der Waals surface area contributed by atoms with Gasteiger partial charge in [-0.05, 0) is 47.4 Å². The Morgan fingerprint density at radius 2 is 2.00 bits per heavy atom. The largest absolute Gasteiger partial charge is 0.495 e. The summed E-state index contributed by atoms with van der Waals surface area (Å²) in [6, 6.07) is 8.48. The van der Waals surface area contributed by atoms with Gasteiger partial charge >= 0.3 is 5.97 Å². The molecule has 166 valence electrons. The maximum Gasteiger partial charge on any atom is 0.329 e. The Balaban J connectivity index is 1.60. The van der Waals surface area contributed by atoms with Crippen LogP contribution in [0.5, 0.6) is 5.75 Å². The second-order valence-corrected chi connectivity index (χ2v) is 9.40. The maximum absolute atomic E-state index is 12.6. The molecule has 1 N–H and O–H groups in total. The molecule has 1 unspecified atom stereocenters. The van der Waals surface area contributed by atoms with Crippen molar-refractivity contribution >= 4 is 34.8 Å². The lowest BCUT2D eigenvalue weighted by Crippen LogP contribution is -2.41. The van der Waals surface area contributed by atoms with Gasteiger partial charge in [0.1, 0.15) is 11.8 Å². The van der Waals surface area contributed by atoms with Crippen LogP contribution in [0.2, 0.25) is 0 Å². The lowest BCUT2D eigenvalue weighted by atomic mass is 9.87. The van der Waals surface area contributed by atoms with Gasteiger partial charge in [0, 0.05) is 6.54 Å². The van der Waals surface area contributed by atoms with E-state index in [2.05, 4.69) is 26.1 Å². The third kappa shape index (κ3) is 5.44. The van der Waals surface area contributed by atoms with E-state index in [0.717, 1.165) is 12.0 Å². The molecule has 1 atom stereocenters. The molecule has 0 bridgehead atoms. The molecular weight excluding hydrogens is 416 g/mol. The molecule has 8 heteroatoms. The van der Waals surface area contributed by atoms with Gasteiger partial charge in [-0.25, -0.2) is 4.79 Å². The fourth-order valence-corrected chi connectivity index (χ4v) is 4.17. The Labute approximate surface area is 186 Å². The molecule has 1 aromatic carbocycles. The smallest absolute Gasteiger partial charge is 0.329 e. The molecule has 2 aromatic rings. The van der Waals surface area contributed by atoms with Gasteiger partial charge in [0.25, 0.3) is 11.8 Å². The first-order chi connectivity index (χ1) is 14.7. The zero-order chi connectivity index (χ0) is 22.6. The summed E-state index contributed by atoms with van der Waals surface area (Å²) in [5.41, 5.74) is 1.46. The second-order valence-electron chi connectivity index (χ2n) is 8.45. The fraction of sp³-hybridized carbons (Fsp3) is 0.435. The van der Waals surface area contributed by atoms with E-state index in [4.69, 9.17) is 9.47 Å². The Morgan fingerprint density at radius 3 is 2.65 bits per heavy atom. The molecule has 1 aliphatic heterocycles. The van der Waals surface area contributed by atoms with Crippen molar-refractivity contribution < 1.29 is 23.9 Å². The summed E-state index contributed by atoms with van der Waals surface area (Å²) in [6.07, 6.45) is 1.25. The van der Waals surface area contributed by atoms with Crippen molar-refractivity contribution in [3.05, 3.63) is 46.2 Å². The molecule has 2 amide bonds. The number of nitrogens with one attached hydrogen (secondary N) is 1. The average molecular weight is 445 g/mol. The van der Waals surface area contributed by atoms with E-state index in [1.54, 1.807) is 18.2 Å². The first-order valence-corrected chi connectivity index (χ1v) is 11.1. The van der Waals surface area contributed by atoms with Crippen molar-refractivity contribution in [2.75, 3.05) is 25.6 Å². The predicted octanol–water partition coefficient (Wildman–Crippen LogP) is 3.84. The normalized spacial score (nSPS) is 16.1. The van der Waals surface area contributed by atoms with E-state index in [1.807, 2.05) is 17.5 Å². The molecule has 31 heavy (non-hydrogen) atoms. The first-order valence-electron chi connectivity index (χ1n) is 10.2. The van der Waals surface area contributed by atoms with Crippen molar-refractivity contribution in [1.29, 1.82) is 0 Å². The summed E-state index contributed by atoms with van der Waals surface area (Å²) in [7, 11) is 1.53. The number of hydrogen-bond acceptors (Lipinski definition) is 6. The van der Waals surface area contributed by atoms with Gasteiger partial charge < -0.3 is 19.7 Å². The summed E-state index contributed by atoms with van der Waals surface area (Å²) < 4.78 is 10.6. The number of anilines is 1. The van der Waals surface area contributed by atoms with Gasteiger partial charge in [-0.15, -0.1) is 11.3 Å². The quantitative estimate of drug-likeness (QED) is 0.685. The predicted molar refractivity (Wildman–Crippen MR) is 120 cm³/mol. The molecule has 0 radical (unpaired) electrons. The van der Waals surface area contributed by atoms with Gasteiger partial charge in [0.05, 0.1) is 17.7 Å². The lowest BCUT2D eigenvalue weighted by molar-refractivity contribution is -0.151. The van der Waals surface area contributed by atoms with Gasteiger partial charge in [0.15, 0.2) is 6.61 Å². The highest BCUT2D eigenvalue weighted by Crippen LogP contribution is 2.31. The van der Waals surface area contributed by atoms with Crippen LogP contribution in [0.15, 0.2) is 35.7 Å². The lowest BCUT2D eigenvalue weighted by Gasteiger charge is -2.23. The van der Waals surface area contributed by atoms with Crippen molar-refractivity contribution in [3.8, 4) is 5.75 Å². The molecule has 0 saturated carbocycles. The highest BCUT2D eigenvalue weighted by Gasteiger charge is 2.36. The minimum atomic E-state index is -0.666. The van der Waals surface area contributed by atoms with Gasteiger partial charge in [-0.3, -0.25) is 9.59 Å². The Morgan fingerprint density at radius 1 is 1.23 bits per heavy atom. The molecular formula is C23H28N2O5S. The van der Waals surface area contributed by atoms with E-state index in [0.29, 0.717) is 29.3 Å². The SMILES string of the molecule is COc1ccc(C(C)(C)C)cc1NC(=O)COC(=O)C1CCCN1C(=O)c1cccs1. The molecule has 1 aromatic heterocycles. The molecule has 0 spiro atoms. The zero-order valence-electron chi connectivity index (χ0n) is 18.3. The van der Waals surface area contributed by atoms with E-state index in [1.165, 1.54) is 23.3 Å². The van der Waals surface area contributed by atoms with Crippen molar-refractivity contribution in [2.45, 2.75) is 45.1 Å². The highest BCUT2D eigenvalue weighted by atomic mass is 32.1. The summed E-state index contributed by atoms with van der Waals surface area (Å²) in [5.74, 6) is -0.682. The first kappa shape index (κ1) is 22.8. The second kappa shape index (κ2) is 9.51. The standard InChI is InChI=1S/C23H28N2O5S/c1-23(2,3)15-9-10-18(29-4)16(13-15)24-20(26)14-30-22(28)17-7-5-11-25(17)21(27)19-8-6-12-31-19/h6,8-10,12-13,17H,5,7,11,14H2,1-4H3,(H,24,26). The summed E-state index contributed by atoms with van der Waals surface area (Å²) >= 11 is 1.34. The number of methoxy groups -OCH3 is 1. The Hall–Kier alpha value is -2.87. The van der Waals surface area contributed by atoms with Crippen molar-refractivity contribution in [2.24, 2.45) is 0 Å². The molecule has 3 rings (SSSR count). The minimum absolute atomic E-state index is 0.0980. The number of carbonyl (C=O) groups is 3. The molecule has 1 saturated heterocycles. The number of ether oxygens (including phenoxy) is 2. The topological polar surface area (TPSA) is 84.9 Å². The number of rotatable bonds is 6. The summed E-state index contributed by atoms with van der Waals surface area (Å²) in [5, 5.41) is 4.58. The number of carbonyl (C=O) groups excluding carboxylic acids is 3. The molecule has 7 nitrogen and oxygen atoms in total. The number of amides is 2. The maximum atomic E-state index is 12.6. The van der Waals surface area contributed by atoms with Gasteiger partial charge in [0.2, 0.25) is 0 Å². The fourth-order valence-electron chi connectivity index (χ4n) is 3.49. The number of thiophene rings is 1. The van der Waals surface area contributed by atoms with Crippen LogP contribution >= 0.6 is 11.3 Å². The molecule has 2 heterocycles. The number of hydrogen-bond donors (Lipinski definition) is 1. The van der Waals surface area contributed by atoms with Crippen LogP contribution in [-0.2, 0) is 19.7 Å². The summed E-state index contributed by atoms with van der Waals surface area (Å²) in [6.45, 7) is 6.30. The number of nitrogens with zero attached hydrogens (tertiary/aromatic N) is 1. The number of benzene rings is 1. The van der Waals surface area contributed by atoms with Crippen LogP contribution < -0.4 is 10.1 Å². The zero-order valence-corrected chi connectivity index (χ0v) is 19.1. The molecule has 0 aliphatic carbocycles. The molecule has 1 aliphatic rings. The summed E-state index contributed by atoms with van der Waals surface area (Å²) in [4.78, 5) is 39.8. The number of likely N-dealkylation sites (tertiary alicyclic amines) is 1. The van der Waals surface area contributed by atoms with Crippen LogP contribution in [0.3, 0.4) is 0 Å². The van der Waals surface area contributed by atoms with E-state index in [9.17, 15) is 14.4 Å².